The van der Waals surface area contributed by atoms with Crippen molar-refractivity contribution in [3.8, 4) is 0 Å². The summed E-state index contributed by atoms with van der Waals surface area (Å²) in [5.74, 6) is 0.449. The summed E-state index contributed by atoms with van der Waals surface area (Å²) >= 11 is 0. The molecule has 2 aromatic rings. The third-order valence-electron chi connectivity index (χ3n) is 5.60. The van der Waals surface area contributed by atoms with E-state index in [1.165, 1.54) is 48.7 Å². The number of nitrogens with zero attached hydrogens (tertiary/aromatic N) is 1. The van der Waals surface area contributed by atoms with Crippen LogP contribution in [0.1, 0.15) is 43.0 Å². The average molecular weight is 312 g/mol. The molecule has 0 amide bonds. The van der Waals surface area contributed by atoms with Gasteiger partial charge < -0.3 is 9.72 Å². The molecule has 4 rings (SSSR count). The van der Waals surface area contributed by atoms with Crippen LogP contribution < -0.4 is 0 Å². The van der Waals surface area contributed by atoms with Gasteiger partial charge in [0.25, 0.3) is 0 Å². The molecule has 1 aromatic carbocycles. The quantitative estimate of drug-likeness (QED) is 0.883. The minimum atomic E-state index is -0.0881. The van der Waals surface area contributed by atoms with E-state index in [2.05, 4.69) is 34.1 Å². The maximum Gasteiger partial charge on any atom is 0.305 e. The number of H-pyrrole nitrogens is 1. The molecule has 4 nitrogen and oxygen atoms in total. The normalized spacial score (nSPS) is 24.2. The highest BCUT2D eigenvalue weighted by Gasteiger charge is 2.38. The topological polar surface area (TPSA) is 45.3 Å². The van der Waals surface area contributed by atoms with Gasteiger partial charge in [0.2, 0.25) is 0 Å². The van der Waals surface area contributed by atoms with Gasteiger partial charge in [0.15, 0.2) is 0 Å². The van der Waals surface area contributed by atoms with Gasteiger partial charge in [0.1, 0.15) is 0 Å². The molecule has 1 N–H and O–H groups in total. The summed E-state index contributed by atoms with van der Waals surface area (Å²) < 4.78 is 4.83. The van der Waals surface area contributed by atoms with E-state index in [0.717, 1.165) is 19.4 Å². The molecular weight excluding hydrogens is 288 g/mol. The molecule has 1 saturated heterocycles. The van der Waals surface area contributed by atoms with E-state index in [4.69, 9.17) is 4.74 Å². The smallest absolute Gasteiger partial charge is 0.305 e. The van der Waals surface area contributed by atoms with Crippen LogP contribution in [0.3, 0.4) is 0 Å². The van der Waals surface area contributed by atoms with E-state index < -0.39 is 0 Å². The third kappa shape index (κ3) is 2.55. The first-order chi connectivity index (χ1) is 11.3. The molecule has 2 atom stereocenters. The number of carbonyl (C=O) groups is 1. The van der Waals surface area contributed by atoms with Gasteiger partial charge in [-0.3, -0.25) is 9.69 Å². The Balaban J connectivity index is 1.68. The fourth-order valence-corrected chi connectivity index (χ4v) is 4.53. The second kappa shape index (κ2) is 6.00. The molecule has 0 spiro atoms. The standard InChI is InChI=1S/C19H24N2O2/c1-23-17(22)9-8-13-5-4-11-21-12-10-15-14-6-2-3-7-16(14)20-18(15)19(13)21/h2-3,6-7,13,19-20H,4-5,8-12H2,1H3/t13-,19-/m0/s1. The Bertz CT molecular complexity index is 721. The third-order valence-corrected chi connectivity index (χ3v) is 5.60. The lowest BCUT2D eigenvalue weighted by Crippen LogP contribution is -2.43. The van der Waals surface area contributed by atoms with Crippen LogP contribution in [0.5, 0.6) is 0 Å². The number of nitrogens with one attached hydrogen (secondary N) is 1. The molecule has 2 aliphatic heterocycles. The predicted octanol–water partition coefficient (Wildman–Crippen LogP) is 3.43. The van der Waals surface area contributed by atoms with Gasteiger partial charge in [-0.1, -0.05) is 18.2 Å². The Hall–Kier alpha value is -1.81. The van der Waals surface area contributed by atoms with E-state index >= 15 is 0 Å². The number of rotatable bonds is 3. The minimum Gasteiger partial charge on any atom is -0.469 e. The summed E-state index contributed by atoms with van der Waals surface area (Å²) in [7, 11) is 1.48. The Morgan fingerprint density at radius 1 is 1.35 bits per heavy atom. The van der Waals surface area contributed by atoms with Crippen molar-refractivity contribution in [1.29, 1.82) is 0 Å². The van der Waals surface area contributed by atoms with Crippen LogP contribution in [0.2, 0.25) is 0 Å². The second-order valence-electron chi connectivity index (χ2n) is 6.81. The lowest BCUT2D eigenvalue weighted by Gasteiger charge is -2.44. The highest BCUT2D eigenvalue weighted by molar-refractivity contribution is 5.85. The second-order valence-corrected chi connectivity index (χ2v) is 6.81. The van der Waals surface area contributed by atoms with E-state index in [1.807, 2.05) is 0 Å². The average Bonchev–Trinajstić information content (AvgIpc) is 2.98. The number of hydrogen-bond donors (Lipinski definition) is 1. The van der Waals surface area contributed by atoms with Crippen molar-refractivity contribution >= 4 is 16.9 Å². The molecule has 0 bridgehead atoms. The van der Waals surface area contributed by atoms with E-state index in [0.29, 0.717) is 18.4 Å². The number of aromatic nitrogens is 1. The van der Waals surface area contributed by atoms with Crippen LogP contribution in [0, 0.1) is 5.92 Å². The van der Waals surface area contributed by atoms with Crippen molar-refractivity contribution in [1.82, 2.24) is 9.88 Å². The number of esters is 1. The van der Waals surface area contributed by atoms with Gasteiger partial charge in [-0.05, 0) is 49.8 Å². The van der Waals surface area contributed by atoms with Crippen molar-refractivity contribution in [2.24, 2.45) is 5.92 Å². The summed E-state index contributed by atoms with van der Waals surface area (Å²) in [6, 6.07) is 9.05. The number of para-hydroxylation sites is 1. The molecule has 0 saturated carbocycles. The number of benzene rings is 1. The van der Waals surface area contributed by atoms with Crippen LogP contribution in [-0.4, -0.2) is 36.1 Å². The first kappa shape index (κ1) is 14.8. The van der Waals surface area contributed by atoms with Gasteiger partial charge >= 0.3 is 5.97 Å². The summed E-state index contributed by atoms with van der Waals surface area (Å²) in [6.45, 7) is 2.31. The summed E-state index contributed by atoms with van der Waals surface area (Å²) in [6.07, 6.45) is 5.01. The van der Waals surface area contributed by atoms with Gasteiger partial charge in [-0.25, -0.2) is 0 Å². The number of fused-ring (bicyclic) bond motifs is 5. The van der Waals surface area contributed by atoms with Crippen LogP contribution in [0.4, 0.5) is 0 Å². The zero-order chi connectivity index (χ0) is 15.8. The maximum absolute atomic E-state index is 11.6. The Morgan fingerprint density at radius 2 is 2.22 bits per heavy atom. The molecule has 2 aliphatic rings. The number of hydrogen-bond acceptors (Lipinski definition) is 3. The largest absolute Gasteiger partial charge is 0.469 e. The fraction of sp³-hybridized carbons (Fsp3) is 0.526. The van der Waals surface area contributed by atoms with Crippen molar-refractivity contribution < 1.29 is 9.53 Å². The van der Waals surface area contributed by atoms with Gasteiger partial charge in [0.05, 0.1) is 13.2 Å². The Morgan fingerprint density at radius 3 is 3.09 bits per heavy atom. The van der Waals surface area contributed by atoms with E-state index in [9.17, 15) is 4.79 Å². The Kier molecular flexibility index (Phi) is 3.85. The number of piperidine rings is 1. The van der Waals surface area contributed by atoms with E-state index in [1.54, 1.807) is 0 Å². The van der Waals surface area contributed by atoms with Crippen LogP contribution in [-0.2, 0) is 16.0 Å². The van der Waals surface area contributed by atoms with Crippen molar-refractivity contribution in [3.05, 3.63) is 35.5 Å². The van der Waals surface area contributed by atoms with Crippen molar-refractivity contribution in [2.45, 2.75) is 38.1 Å². The molecule has 23 heavy (non-hydrogen) atoms. The molecule has 1 aromatic heterocycles. The van der Waals surface area contributed by atoms with Gasteiger partial charge in [-0.2, -0.15) is 0 Å². The van der Waals surface area contributed by atoms with Crippen LogP contribution >= 0.6 is 0 Å². The number of methoxy groups -OCH3 is 1. The fourth-order valence-electron chi connectivity index (χ4n) is 4.53. The molecule has 4 heteroatoms. The van der Waals surface area contributed by atoms with Crippen molar-refractivity contribution in [2.75, 3.05) is 20.2 Å². The zero-order valence-corrected chi connectivity index (χ0v) is 13.7. The predicted molar refractivity (Wildman–Crippen MR) is 90.3 cm³/mol. The van der Waals surface area contributed by atoms with Crippen LogP contribution in [0.25, 0.3) is 10.9 Å². The Labute approximate surface area is 136 Å². The summed E-state index contributed by atoms with van der Waals surface area (Å²) in [4.78, 5) is 17.9. The van der Waals surface area contributed by atoms with Crippen molar-refractivity contribution in [3.63, 3.8) is 0 Å². The molecular formula is C19H24N2O2. The number of carbonyl (C=O) groups excluding carboxylic acids is 1. The van der Waals surface area contributed by atoms with E-state index in [-0.39, 0.29) is 5.97 Å². The van der Waals surface area contributed by atoms with Gasteiger partial charge in [0, 0.05) is 29.6 Å². The molecule has 0 radical (unpaired) electrons. The van der Waals surface area contributed by atoms with Crippen LogP contribution in [0.15, 0.2) is 24.3 Å². The highest BCUT2D eigenvalue weighted by atomic mass is 16.5. The first-order valence-electron chi connectivity index (χ1n) is 8.68. The highest BCUT2D eigenvalue weighted by Crippen LogP contribution is 2.44. The zero-order valence-electron chi connectivity index (χ0n) is 13.7. The molecule has 122 valence electrons. The lowest BCUT2D eigenvalue weighted by molar-refractivity contribution is -0.141. The SMILES string of the molecule is COC(=O)CC[C@@H]1CCCN2CCc3c([nH]c4ccccc34)[C@H]12. The van der Waals surface area contributed by atoms with Gasteiger partial charge in [-0.15, -0.1) is 0 Å². The monoisotopic (exact) mass is 312 g/mol. The molecule has 0 unspecified atom stereocenters. The molecule has 1 fully saturated rings. The lowest BCUT2D eigenvalue weighted by atomic mass is 9.80. The number of aromatic amines is 1. The molecule has 3 heterocycles. The summed E-state index contributed by atoms with van der Waals surface area (Å²) in [5.41, 5.74) is 4.13. The molecule has 0 aliphatic carbocycles. The minimum absolute atomic E-state index is 0.0881. The first-order valence-corrected chi connectivity index (χ1v) is 8.68. The number of ether oxygens (including phenoxy) is 1. The maximum atomic E-state index is 11.6. The summed E-state index contributed by atoms with van der Waals surface area (Å²) in [5, 5.41) is 1.37.